The van der Waals surface area contributed by atoms with Crippen molar-refractivity contribution in [1.82, 2.24) is 9.97 Å². The normalized spacial score (nSPS) is 11.8. The second-order valence-electron chi connectivity index (χ2n) is 5.56. The van der Waals surface area contributed by atoms with Gasteiger partial charge in [-0.25, -0.2) is 9.97 Å². The monoisotopic (exact) mass is 327 g/mol. The van der Waals surface area contributed by atoms with Crippen molar-refractivity contribution in [3.05, 3.63) is 16.1 Å². The number of hydrogen-bond donors (Lipinski definition) is 1. The molecule has 0 spiro atoms. The van der Waals surface area contributed by atoms with Crippen molar-refractivity contribution in [3.63, 3.8) is 0 Å². The van der Waals surface area contributed by atoms with Crippen molar-refractivity contribution >= 4 is 39.1 Å². The summed E-state index contributed by atoms with van der Waals surface area (Å²) in [6, 6.07) is 2.09. The van der Waals surface area contributed by atoms with Gasteiger partial charge >= 0.3 is 0 Å². The predicted octanol–water partition coefficient (Wildman–Crippen LogP) is 4.70. The summed E-state index contributed by atoms with van der Waals surface area (Å²) >= 11 is 7.93. The Labute approximate surface area is 134 Å². The average Bonchev–Trinajstić information content (AvgIpc) is 2.82. The Morgan fingerprint density at radius 1 is 1.29 bits per heavy atom. The lowest BCUT2D eigenvalue weighted by atomic mass is 10.2. The minimum absolute atomic E-state index is 0.271. The van der Waals surface area contributed by atoms with Crippen molar-refractivity contribution in [2.45, 2.75) is 46.1 Å². The molecular weight excluding hydrogens is 306 g/mol. The van der Waals surface area contributed by atoms with Gasteiger partial charge in [-0.15, -0.1) is 11.3 Å². The van der Waals surface area contributed by atoms with E-state index in [0.717, 1.165) is 29.8 Å². The molecule has 0 aromatic carbocycles. The molecule has 0 aliphatic carbocycles. The van der Waals surface area contributed by atoms with Crippen molar-refractivity contribution in [3.8, 4) is 0 Å². The molecule has 0 amide bonds. The molecule has 2 aromatic rings. The van der Waals surface area contributed by atoms with Crippen LogP contribution in [-0.4, -0.2) is 29.2 Å². The van der Waals surface area contributed by atoms with E-state index in [-0.39, 0.29) is 6.10 Å². The zero-order valence-electron chi connectivity index (χ0n) is 12.9. The number of nitrogens with one attached hydrogen (secondary N) is 1. The molecule has 0 aliphatic rings. The van der Waals surface area contributed by atoms with E-state index in [1.807, 2.05) is 13.8 Å². The smallest absolute Gasteiger partial charge is 0.225 e. The first kappa shape index (κ1) is 16.5. The molecule has 1 N–H and O–H groups in total. The number of nitrogens with zero attached hydrogens (tertiary/aromatic N) is 2. The van der Waals surface area contributed by atoms with E-state index in [4.69, 9.17) is 16.3 Å². The summed E-state index contributed by atoms with van der Waals surface area (Å²) in [5.74, 6) is 1.07. The molecule has 2 rings (SSSR count). The highest BCUT2D eigenvalue weighted by atomic mass is 35.5. The number of ether oxygens (including phenoxy) is 1. The summed E-state index contributed by atoms with van der Waals surface area (Å²) in [6.45, 7) is 9.91. The lowest BCUT2D eigenvalue weighted by molar-refractivity contribution is 0.0787. The molecule has 116 valence electrons. The summed E-state index contributed by atoms with van der Waals surface area (Å²) in [4.78, 5) is 11.1. The van der Waals surface area contributed by atoms with Crippen molar-refractivity contribution < 1.29 is 4.74 Å². The van der Waals surface area contributed by atoms with Gasteiger partial charge in [0.15, 0.2) is 0 Å². The van der Waals surface area contributed by atoms with E-state index in [0.29, 0.717) is 17.0 Å². The van der Waals surface area contributed by atoms with Gasteiger partial charge in [0.1, 0.15) is 9.98 Å². The molecule has 0 bridgehead atoms. The van der Waals surface area contributed by atoms with E-state index in [2.05, 4.69) is 35.2 Å². The fraction of sp³-hybridized carbons (Fsp3) is 0.600. The summed E-state index contributed by atoms with van der Waals surface area (Å²) in [6.07, 6.45) is 1.19. The first-order chi connectivity index (χ1) is 9.97. The van der Waals surface area contributed by atoms with E-state index in [9.17, 15) is 0 Å². The molecule has 2 heterocycles. The van der Waals surface area contributed by atoms with Gasteiger partial charge in [0.05, 0.1) is 6.10 Å². The summed E-state index contributed by atoms with van der Waals surface area (Å²) < 4.78 is 5.50. The molecule has 0 atom stereocenters. The SMILES string of the molecule is CC(C)OCCCNc1nc(Cl)c2cc(C(C)C)sc2n1. The van der Waals surface area contributed by atoms with Gasteiger partial charge < -0.3 is 10.1 Å². The second-order valence-corrected chi connectivity index (χ2v) is 6.98. The molecule has 0 radical (unpaired) electrons. The molecule has 0 fully saturated rings. The van der Waals surface area contributed by atoms with Crippen LogP contribution in [0.3, 0.4) is 0 Å². The van der Waals surface area contributed by atoms with E-state index in [1.165, 1.54) is 4.88 Å². The lowest BCUT2D eigenvalue weighted by Crippen LogP contribution is -2.10. The summed E-state index contributed by atoms with van der Waals surface area (Å²) in [7, 11) is 0. The van der Waals surface area contributed by atoms with E-state index >= 15 is 0 Å². The largest absolute Gasteiger partial charge is 0.379 e. The Bertz CT molecular complexity index is 598. The van der Waals surface area contributed by atoms with Crippen molar-refractivity contribution in [2.24, 2.45) is 0 Å². The van der Waals surface area contributed by atoms with Crippen LogP contribution in [0.4, 0.5) is 5.95 Å². The maximum absolute atomic E-state index is 6.25. The Hall–Kier alpha value is -0.910. The van der Waals surface area contributed by atoms with Gasteiger partial charge in [-0.2, -0.15) is 0 Å². The zero-order chi connectivity index (χ0) is 15.4. The predicted molar refractivity (Wildman–Crippen MR) is 90.7 cm³/mol. The molecule has 21 heavy (non-hydrogen) atoms. The van der Waals surface area contributed by atoms with Crippen molar-refractivity contribution in [1.29, 1.82) is 0 Å². The van der Waals surface area contributed by atoms with Crippen LogP contribution in [-0.2, 0) is 4.74 Å². The maximum atomic E-state index is 6.25. The molecule has 4 nitrogen and oxygen atoms in total. The van der Waals surface area contributed by atoms with Crippen LogP contribution in [0.15, 0.2) is 6.07 Å². The van der Waals surface area contributed by atoms with Crippen molar-refractivity contribution in [2.75, 3.05) is 18.5 Å². The van der Waals surface area contributed by atoms with Crippen LogP contribution in [0.5, 0.6) is 0 Å². The Morgan fingerprint density at radius 2 is 2.05 bits per heavy atom. The summed E-state index contributed by atoms with van der Waals surface area (Å²) in [5, 5.41) is 4.67. The van der Waals surface area contributed by atoms with E-state index < -0.39 is 0 Å². The minimum Gasteiger partial charge on any atom is -0.379 e. The molecule has 6 heteroatoms. The summed E-state index contributed by atoms with van der Waals surface area (Å²) in [5.41, 5.74) is 0. The lowest BCUT2D eigenvalue weighted by Gasteiger charge is -2.08. The highest BCUT2D eigenvalue weighted by molar-refractivity contribution is 7.18. The molecule has 0 saturated carbocycles. The van der Waals surface area contributed by atoms with Gasteiger partial charge in [0.25, 0.3) is 0 Å². The third kappa shape index (κ3) is 4.53. The van der Waals surface area contributed by atoms with Crippen LogP contribution in [0.25, 0.3) is 10.2 Å². The number of fused-ring (bicyclic) bond motifs is 1. The molecular formula is C15H22ClN3OS. The number of anilines is 1. The topological polar surface area (TPSA) is 47.0 Å². The van der Waals surface area contributed by atoms with Crippen LogP contribution >= 0.6 is 22.9 Å². The first-order valence-electron chi connectivity index (χ1n) is 7.30. The molecule has 0 unspecified atom stereocenters. The maximum Gasteiger partial charge on any atom is 0.225 e. The van der Waals surface area contributed by atoms with Crippen LogP contribution < -0.4 is 5.32 Å². The number of halogens is 1. The first-order valence-corrected chi connectivity index (χ1v) is 8.49. The standard InChI is InChI=1S/C15H22ClN3OS/c1-9(2)12-8-11-13(16)18-15(19-14(11)21-12)17-6-5-7-20-10(3)4/h8-10H,5-7H2,1-4H3,(H,17,18,19). The van der Waals surface area contributed by atoms with Crippen LogP contribution in [0.1, 0.15) is 44.9 Å². The molecule has 2 aromatic heterocycles. The number of thiophene rings is 1. The second kappa shape index (κ2) is 7.38. The number of rotatable bonds is 7. The van der Waals surface area contributed by atoms with Gasteiger partial charge in [0.2, 0.25) is 5.95 Å². The van der Waals surface area contributed by atoms with Gasteiger partial charge in [-0.05, 0) is 32.3 Å². The fourth-order valence-electron chi connectivity index (χ4n) is 1.86. The van der Waals surface area contributed by atoms with Crippen LogP contribution in [0, 0.1) is 0 Å². The highest BCUT2D eigenvalue weighted by Gasteiger charge is 2.12. The molecule has 0 aliphatic heterocycles. The van der Waals surface area contributed by atoms with Gasteiger partial charge in [0, 0.05) is 23.4 Å². The zero-order valence-corrected chi connectivity index (χ0v) is 14.5. The number of hydrogen-bond acceptors (Lipinski definition) is 5. The van der Waals surface area contributed by atoms with E-state index in [1.54, 1.807) is 11.3 Å². The fourth-order valence-corrected chi connectivity index (χ4v) is 3.17. The van der Waals surface area contributed by atoms with Gasteiger partial charge in [-0.3, -0.25) is 0 Å². The minimum atomic E-state index is 0.271. The third-order valence-electron chi connectivity index (χ3n) is 2.99. The Morgan fingerprint density at radius 3 is 2.71 bits per heavy atom. The Balaban J connectivity index is 2.01. The quantitative estimate of drug-likeness (QED) is 0.591. The Kier molecular flexibility index (Phi) is 5.79. The third-order valence-corrected chi connectivity index (χ3v) is 4.61. The van der Waals surface area contributed by atoms with Gasteiger partial charge in [-0.1, -0.05) is 25.4 Å². The number of aromatic nitrogens is 2. The van der Waals surface area contributed by atoms with Crippen LogP contribution in [0.2, 0.25) is 5.15 Å². The average molecular weight is 328 g/mol. The highest BCUT2D eigenvalue weighted by Crippen LogP contribution is 2.33. The molecule has 0 saturated heterocycles.